The van der Waals surface area contributed by atoms with Crippen LogP contribution in [0.4, 0.5) is 20.2 Å². The Kier molecular flexibility index (Phi) is 3.66. The molecule has 0 aromatic heterocycles. The summed E-state index contributed by atoms with van der Waals surface area (Å²) in [5.41, 5.74) is -2.01. The maximum absolute atomic E-state index is 13.4. The highest BCUT2D eigenvalue weighted by Crippen LogP contribution is 2.32. The third-order valence-electron chi connectivity index (χ3n) is 3.35. The molecular weight excluding hydrogens is 258 g/mol. The van der Waals surface area contributed by atoms with Crippen molar-refractivity contribution in [3.8, 4) is 0 Å². The average Bonchev–Trinajstić information content (AvgIpc) is 2.72. The Morgan fingerprint density at radius 1 is 1.37 bits per heavy atom. The Bertz CT molecular complexity index is 502. The number of nitrogens with zero attached hydrogens (tertiary/aromatic N) is 1. The first kappa shape index (κ1) is 13.7. The molecule has 0 heterocycles. The van der Waals surface area contributed by atoms with Crippen LogP contribution in [0.15, 0.2) is 12.1 Å². The monoisotopic (exact) mass is 272 g/mol. The van der Waals surface area contributed by atoms with Gasteiger partial charge in [-0.3, -0.25) is 10.1 Å². The Labute approximate surface area is 108 Å². The summed E-state index contributed by atoms with van der Waals surface area (Å²) in [6.07, 6.45) is 2.90. The van der Waals surface area contributed by atoms with Gasteiger partial charge < -0.3 is 10.4 Å². The molecule has 5 nitrogen and oxygen atoms in total. The van der Waals surface area contributed by atoms with Crippen LogP contribution in [0.1, 0.15) is 25.7 Å². The molecule has 0 radical (unpaired) electrons. The van der Waals surface area contributed by atoms with Crippen molar-refractivity contribution in [2.24, 2.45) is 0 Å². The van der Waals surface area contributed by atoms with E-state index in [4.69, 9.17) is 0 Å². The number of rotatable bonds is 4. The fraction of sp³-hybridized carbons (Fsp3) is 0.500. The molecular formula is C12H14F2N2O3. The van der Waals surface area contributed by atoms with Gasteiger partial charge >= 0.3 is 5.69 Å². The van der Waals surface area contributed by atoms with Crippen LogP contribution >= 0.6 is 0 Å². The van der Waals surface area contributed by atoms with Gasteiger partial charge in [0.05, 0.1) is 10.5 Å². The van der Waals surface area contributed by atoms with Crippen molar-refractivity contribution < 1.29 is 18.8 Å². The molecule has 0 amide bonds. The fourth-order valence-electron chi connectivity index (χ4n) is 2.36. The third-order valence-corrected chi connectivity index (χ3v) is 3.35. The quantitative estimate of drug-likeness (QED) is 0.652. The minimum atomic E-state index is -1.23. The number of nitrogens with one attached hydrogen (secondary N) is 1. The Morgan fingerprint density at radius 3 is 2.58 bits per heavy atom. The van der Waals surface area contributed by atoms with Gasteiger partial charge in [-0.15, -0.1) is 0 Å². The van der Waals surface area contributed by atoms with E-state index in [9.17, 15) is 24.0 Å². The van der Waals surface area contributed by atoms with Crippen molar-refractivity contribution in [1.29, 1.82) is 0 Å². The first-order chi connectivity index (χ1) is 8.91. The van der Waals surface area contributed by atoms with E-state index in [0.29, 0.717) is 18.9 Å². The van der Waals surface area contributed by atoms with Crippen LogP contribution in [0.5, 0.6) is 0 Å². The highest BCUT2D eigenvalue weighted by atomic mass is 19.1. The smallest absolute Gasteiger partial charge is 0.327 e. The van der Waals surface area contributed by atoms with Crippen molar-refractivity contribution in [2.45, 2.75) is 31.3 Å². The minimum absolute atomic E-state index is 0.0384. The molecule has 7 heteroatoms. The van der Waals surface area contributed by atoms with E-state index in [-0.39, 0.29) is 12.2 Å². The van der Waals surface area contributed by atoms with Gasteiger partial charge in [0, 0.05) is 18.7 Å². The molecule has 1 saturated carbocycles. The van der Waals surface area contributed by atoms with Crippen molar-refractivity contribution in [3.05, 3.63) is 33.9 Å². The number of halogens is 2. The van der Waals surface area contributed by atoms with Crippen LogP contribution in [0, 0.1) is 21.7 Å². The number of anilines is 1. The van der Waals surface area contributed by atoms with Crippen molar-refractivity contribution >= 4 is 11.4 Å². The molecule has 1 aliphatic carbocycles. The van der Waals surface area contributed by atoms with Gasteiger partial charge in [0.2, 0.25) is 5.82 Å². The molecule has 2 rings (SSSR count). The molecule has 0 atom stereocenters. The number of nitro groups is 1. The molecule has 0 aliphatic heterocycles. The summed E-state index contributed by atoms with van der Waals surface area (Å²) in [7, 11) is 0. The molecule has 0 saturated heterocycles. The molecule has 19 heavy (non-hydrogen) atoms. The molecule has 104 valence electrons. The van der Waals surface area contributed by atoms with Gasteiger partial charge in [-0.25, -0.2) is 4.39 Å². The molecule has 0 unspecified atom stereocenters. The summed E-state index contributed by atoms with van der Waals surface area (Å²) in [4.78, 5) is 9.86. The standard InChI is InChI=1S/C12H14F2N2O3/c13-8-5-9(14)11(16(18)19)10(6-8)15-7-12(17)3-1-2-4-12/h5-6,15,17H,1-4,7H2. The van der Waals surface area contributed by atoms with Crippen molar-refractivity contribution in [1.82, 2.24) is 0 Å². The zero-order valence-corrected chi connectivity index (χ0v) is 10.2. The van der Waals surface area contributed by atoms with Gasteiger partial charge in [0.15, 0.2) is 0 Å². The van der Waals surface area contributed by atoms with Gasteiger partial charge in [-0.05, 0) is 12.8 Å². The first-order valence-electron chi connectivity index (χ1n) is 6.01. The SMILES string of the molecule is O=[N+]([O-])c1c(F)cc(F)cc1NCC1(O)CCCC1. The van der Waals surface area contributed by atoms with E-state index >= 15 is 0 Å². The number of hydrogen-bond donors (Lipinski definition) is 2. The lowest BCUT2D eigenvalue weighted by molar-refractivity contribution is -0.386. The van der Waals surface area contributed by atoms with Gasteiger partial charge in [-0.1, -0.05) is 12.8 Å². The van der Waals surface area contributed by atoms with Gasteiger partial charge in [0.25, 0.3) is 0 Å². The third kappa shape index (κ3) is 2.98. The topological polar surface area (TPSA) is 75.4 Å². The summed E-state index contributed by atoms with van der Waals surface area (Å²) in [5.74, 6) is -2.13. The zero-order chi connectivity index (χ0) is 14.0. The highest BCUT2D eigenvalue weighted by molar-refractivity contribution is 5.62. The van der Waals surface area contributed by atoms with Crippen molar-refractivity contribution in [2.75, 3.05) is 11.9 Å². The summed E-state index contributed by atoms with van der Waals surface area (Å²) >= 11 is 0. The van der Waals surface area contributed by atoms with Crippen molar-refractivity contribution in [3.63, 3.8) is 0 Å². The molecule has 0 bridgehead atoms. The molecule has 1 aromatic rings. The van der Waals surface area contributed by atoms with Crippen LogP contribution in [-0.4, -0.2) is 22.2 Å². The maximum Gasteiger partial charge on any atom is 0.327 e. The summed E-state index contributed by atoms with van der Waals surface area (Å²) < 4.78 is 26.5. The number of benzene rings is 1. The lowest BCUT2D eigenvalue weighted by Gasteiger charge is -2.22. The molecule has 0 spiro atoms. The van der Waals surface area contributed by atoms with Crippen LogP contribution in [0.25, 0.3) is 0 Å². The highest BCUT2D eigenvalue weighted by Gasteiger charge is 2.32. The second kappa shape index (κ2) is 5.08. The second-order valence-corrected chi connectivity index (χ2v) is 4.83. The maximum atomic E-state index is 13.4. The molecule has 1 aliphatic rings. The van der Waals surface area contributed by atoms with E-state index in [2.05, 4.69) is 5.32 Å². The van der Waals surface area contributed by atoms with Crippen LogP contribution < -0.4 is 5.32 Å². The molecule has 1 fully saturated rings. The first-order valence-corrected chi connectivity index (χ1v) is 6.01. The fourth-order valence-corrected chi connectivity index (χ4v) is 2.36. The summed E-state index contributed by atoms with van der Waals surface area (Å²) in [6, 6.07) is 1.33. The Morgan fingerprint density at radius 2 is 2.00 bits per heavy atom. The molecule has 1 aromatic carbocycles. The zero-order valence-electron chi connectivity index (χ0n) is 10.2. The molecule has 2 N–H and O–H groups in total. The largest absolute Gasteiger partial charge is 0.388 e. The number of nitro benzene ring substituents is 1. The van der Waals surface area contributed by atoms with Crippen LogP contribution in [0.3, 0.4) is 0 Å². The van der Waals surface area contributed by atoms with E-state index in [1.807, 2.05) is 0 Å². The van der Waals surface area contributed by atoms with Crippen LogP contribution in [-0.2, 0) is 0 Å². The second-order valence-electron chi connectivity index (χ2n) is 4.83. The summed E-state index contributed by atoms with van der Waals surface area (Å²) in [6.45, 7) is 0.0384. The minimum Gasteiger partial charge on any atom is -0.388 e. The Hall–Kier alpha value is -1.76. The van der Waals surface area contributed by atoms with Gasteiger partial charge in [-0.2, -0.15) is 4.39 Å². The van der Waals surface area contributed by atoms with Crippen LogP contribution in [0.2, 0.25) is 0 Å². The predicted molar refractivity (Wildman–Crippen MR) is 64.9 cm³/mol. The van der Waals surface area contributed by atoms with E-state index in [1.54, 1.807) is 0 Å². The van der Waals surface area contributed by atoms with E-state index < -0.39 is 27.8 Å². The average molecular weight is 272 g/mol. The lowest BCUT2D eigenvalue weighted by Crippen LogP contribution is -2.33. The Balaban J connectivity index is 2.21. The predicted octanol–water partition coefficient (Wildman–Crippen LogP) is 2.59. The summed E-state index contributed by atoms with van der Waals surface area (Å²) in [5, 5.41) is 23.5. The van der Waals surface area contributed by atoms with E-state index in [0.717, 1.165) is 18.9 Å². The lowest BCUT2D eigenvalue weighted by atomic mass is 10.0. The number of hydrogen-bond acceptors (Lipinski definition) is 4. The van der Waals surface area contributed by atoms with Gasteiger partial charge in [0.1, 0.15) is 11.5 Å². The normalized spacial score (nSPS) is 17.4. The van der Waals surface area contributed by atoms with E-state index in [1.165, 1.54) is 0 Å². The number of aliphatic hydroxyl groups is 1.